The van der Waals surface area contributed by atoms with Crippen molar-refractivity contribution >= 4 is 35.3 Å². The zero-order valence-electron chi connectivity index (χ0n) is 16.2. The molecule has 1 aliphatic rings. The minimum Gasteiger partial charge on any atom is -0.484 e. The first kappa shape index (κ1) is 19.7. The number of nitriles is 1. The summed E-state index contributed by atoms with van der Waals surface area (Å²) in [5.74, 6) is 1.46. The lowest BCUT2D eigenvalue weighted by molar-refractivity contribution is -0.133. The third kappa shape index (κ3) is 4.70. The van der Waals surface area contributed by atoms with Crippen molar-refractivity contribution in [2.24, 2.45) is 0 Å². The summed E-state index contributed by atoms with van der Waals surface area (Å²) in [4.78, 5) is 21.5. The number of benzene rings is 1. The first-order valence-electron chi connectivity index (χ1n) is 9.56. The molecule has 2 aromatic heterocycles. The molecule has 1 aromatic carbocycles. The summed E-state index contributed by atoms with van der Waals surface area (Å²) < 4.78 is 11.4. The number of anilines is 1. The van der Waals surface area contributed by atoms with Gasteiger partial charge in [-0.25, -0.2) is 0 Å². The molecule has 8 heteroatoms. The summed E-state index contributed by atoms with van der Waals surface area (Å²) in [6.07, 6.45) is 3.67. The molecule has 1 amide bonds. The standard InChI is InChI=1S/C22H20N4O3S/c23-15-19-22(29-20(24-19)9-8-18-7-4-14-30-18)26-12-10-25(11-13-26)21(27)16-28-17-5-2-1-3-6-17/h1-9,14H,10-13,16H2. The Morgan fingerprint density at radius 1 is 1.17 bits per heavy atom. The van der Waals surface area contributed by atoms with E-state index in [4.69, 9.17) is 9.15 Å². The summed E-state index contributed by atoms with van der Waals surface area (Å²) in [6, 6.07) is 15.3. The van der Waals surface area contributed by atoms with Gasteiger partial charge in [0.2, 0.25) is 17.5 Å². The van der Waals surface area contributed by atoms with E-state index in [9.17, 15) is 10.1 Å². The number of ether oxygens (including phenoxy) is 1. The quantitative estimate of drug-likeness (QED) is 0.607. The maximum atomic E-state index is 12.4. The fourth-order valence-electron chi connectivity index (χ4n) is 3.14. The molecule has 0 aliphatic carbocycles. The molecular weight excluding hydrogens is 400 g/mol. The molecule has 0 unspecified atom stereocenters. The Labute approximate surface area is 178 Å². The van der Waals surface area contributed by atoms with Crippen molar-refractivity contribution < 1.29 is 13.9 Å². The molecule has 3 heterocycles. The largest absolute Gasteiger partial charge is 0.484 e. The second kappa shape index (κ2) is 9.29. The molecule has 0 N–H and O–H groups in total. The van der Waals surface area contributed by atoms with Gasteiger partial charge in [-0.15, -0.1) is 11.3 Å². The Morgan fingerprint density at radius 3 is 2.67 bits per heavy atom. The number of amides is 1. The van der Waals surface area contributed by atoms with Crippen LogP contribution < -0.4 is 9.64 Å². The predicted molar refractivity (Wildman–Crippen MR) is 115 cm³/mol. The van der Waals surface area contributed by atoms with Crippen molar-refractivity contribution in [3.05, 3.63) is 64.3 Å². The molecule has 1 aliphatic heterocycles. The van der Waals surface area contributed by atoms with E-state index in [-0.39, 0.29) is 18.2 Å². The number of hydrogen-bond donors (Lipinski definition) is 0. The van der Waals surface area contributed by atoms with E-state index in [2.05, 4.69) is 11.1 Å². The number of oxazole rings is 1. The maximum Gasteiger partial charge on any atom is 0.260 e. The lowest BCUT2D eigenvalue weighted by Crippen LogP contribution is -2.50. The van der Waals surface area contributed by atoms with E-state index in [1.807, 2.05) is 58.8 Å². The van der Waals surface area contributed by atoms with Crippen molar-refractivity contribution in [1.82, 2.24) is 9.88 Å². The third-order valence-electron chi connectivity index (χ3n) is 4.69. The summed E-state index contributed by atoms with van der Waals surface area (Å²) in [5.41, 5.74) is 0.257. The average molecular weight is 420 g/mol. The number of nitrogens with zero attached hydrogens (tertiary/aromatic N) is 4. The number of carbonyl (C=O) groups excluding carboxylic acids is 1. The average Bonchev–Trinajstić information content (AvgIpc) is 3.46. The Balaban J connectivity index is 1.34. The van der Waals surface area contributed by atoms with E-state index in [0.717, 1.165) is 4.88 Å². The fourth-order valence-corrected chi connectivity index (χ4v) is 3.76. The summed E-state index contributed by atoms with van der Waals surface area (Å²) in [5, 5.41) is 11.4. The zero-order valence-corrected chi connectivity index (χ0v) is 17.0. The van der Waals surface area contributed by atoms with Gasteiger partial charge in [-0.3, -0.25) is 4.79 Å². The van der Waals surface area contributed by atoms with Crippen molar-refractivity contribution in [1.29, 1.82) is 5.26 Å². The number of thiophene rings is 1. The first-order chi connectivity index (χ1) is 14.7. The van der Waals surface area contributed by atoms with Gasteiger partial charge in [-0.1, -0.05) is 24.3 Å². The van der Waals surface area contributed by atoms with E-state index in [0.29, 0.717) is 43.7 Å². The van der Waals surface area contributed by atoms with Crippen LogP contribution in [0.25, 0.3) is 12.2 Å². The number of carbonyl (C=O) groups is 1. The molecule has 0 radical (unpaired) electrons. The highest BCUT2D eigenvalue weighted by Gasteiger charge is 2.26. The van der Waals surface area contributed by atoms with Crippen LogP contribution in [0.3, 0.4) is 0 Å². The van der Waals surface area contributed by atoms with Crippen molar-refractivity contribution in [2.75, 3.05) is 37.7 Å². The maximum absolute atomic E-state index is 12.4. The predicted octanol–water partition coefficient (Wildman–Crippen LogP) is 3.51. The highest BCUT2D eigenvalue weighted by molar-refractivity contribution is 7.10. The number of hydrogen-bond acceptors (Lipinski definition) is 7. The Hall–Kier alpha value is -3.57. The van der Waals surface area contributed by atoms with Gasteiger partial charge in [0.1, 0.15) is 11.8 Å². The molecular formula is C22H20N4O3S. The van der Waals surface area contributed by atoms with E-state index < -0.39 is 0 Å². The van der Waals surface area contributed by atoms with Crippen molar-refractivity contribution in [3.63, 3.8) is 0 Å². The lowest BCUT2D eigenvalue weighted by atomic mass is 10.3. The molecule has 1 fully saturated rings. The summed E-state index contributed by atoms with van der Waals surface area (Å²) in [7, 11) is 0. The molecule has 1 saturated heterocycles. The highest BCUT2D eigenvalue weighted by Crippen LogP contribution is 2.24. The lowest BCUT2D eigenvalue weighted by Gasteiger charge is -2.34. The fraction of sp³-hybridized carbons (Fsp3) is 0.227. The minimum atomic E-state index is -0.0591. The molecule has 152 valence electrons. The second-order valence-electron chi connectivity index (χ2n) is 6.64. The molecule has 0 spiro atoms. The van der Waals surface area contributed by atoms with Gasteiger partial charge in [0.15, 0.2) is 6.61 Å². The van der Waals surface area contributed by atoms with Gasteiger partial charge < -0.3 is 19.0 Å². The van der Waals surface area contributed by atoms with E-state index in [1.54, 1.807) is 22.3 Å². The minimum absolute atomic E-state index is 0.00737. The third-order valence-corrected chi connectivity index (χ3v) is 5.53. The Kier molecular flexibility index (Phi) is 6.11. The van der Waals surface area contributed by atoms with Crippen LogP contribution in [0.2, 0.25) is 0 Å². The topological polar surface area (TPSA) is 82.6 Å². The van der Waals surface area contributed by atoms with Gasteiger partial charge in [0.25, 0.3) is 5.91 Å². The molecule has 0 atom stereocenters. The van der Waals surface area contributed by atoms with Gasteiger partial charge in [0, 0.05) is 37.1 Å². The van der Waals surface area contributed by atoms with Crippen LogP contribution in [0.15, 0.2) is 52.3 Å². The van der Waals surface area contributed by atoms with Crippen LogP contribution in [0.5, 0.6) is 5.75 Å². The monoisotopic (exact) mass is 420 g/mol. The Bertz CT molecular complexity index is 1050. The van der Waals surface area contributed by atoms with Crippen LogP contribution in [0.4, 0.5) is 5.88 Å². The normalized spacial score (nSPS) is 14.1. The van der Waals surface area contributed by atoms with Crippen LogP contribution in [-0.2, 0) is 4.79 Å². The molecule has 30 heavy (non-hydrogen) atoms. The molecule has 7 nitrogen and oxygen atoms in total. The Morgan fingerprint density at radius 2 is 1.97 bits per heavy atom. The first-order valence-corrected chi connectivity index (χ1v) is 10.4. The SMILES string of the molecule is N#Cc1nc(C=Cc2cccs2)oc1N1CCN(C(=O)COc2ccccc2)CC1. The summed E-state index contributed by atoms with van der Waals surface area (Å²) in [6.45, 7) is 2.20. The van der Waals surface area contributed by atoms with Gasteiger partial charge >= 0.3 is 0 Å². The van der Waals surface area contributed by atoms with Crippen molar-refractivity contribution in [2.45, 2.75) is 0 Å². The van der Waals surface area contributed by atoms with Crippen LogP contribution in [0.1, 0.15) is 16.5 Å². The zero-order chi connectivity index (χ0) is 20.8. The summed E-state index contributed by atoms with van der Waals surface area (Å²) >= 11 is 1.61. The molecule has 4 rings (SSSR count). The van der Waals surface area contributed by atoms with Crippen LogP contribution >= 0.6 is 11.3 Å². The number of rotatable bonds is 6. The smallest absolute Gasteiger partial charge is 0.260 e. The van der Waals surface area contributed by atoms with Crippen LogP contribution in [0, 0.1) is 11.3 Å². The molecule has 0 bridgehead atoms. The van der Waals surface area contributed by atoms with Gasteiger partial charge in [-0.2, -0.15) is 10.2 Å². The highest BCUT2D eigenvalue weighted by atomic mass is 32.1. The van der Waals surface area contributed by atoms with Gasteiger partial charge in [0.05, 0.1) is 0 Å². The van der Waals surface area contributed by atoms with Crippen molar-refractivity contribution in [3.8, 4) is 11.8 Å². The van der Waals surface area contributed by atoms with E-state index >= 15 is 0 Å². The second-order valence-corrected chi connectivity index (χ2v) is 7.62. The number of piperazine rings is 1. The molecule has 0 saturated carbocycles. The number of para-hydroxylation sites is 1. The van der Waals surface area contributed by atoms with Gasteiger partial charge in [-0.05, 0) is 29.7 Å². The van der Waals surface area contributed by atoms with E-state index in [1.165, 1.54) is 0 Å². The number of aromatic nitrogens is 1. The van der Waals surface area contributed by atoms with Crippen LogP contribution in [-0.4, -0.2) is 48.6 Å². The molecule has 3 aromatic rings.